The summed E-state index contributed by atoms with van der Waals surface area (Å²) in [5.41, 5.74) is 1.89. The molecule has 2 aromatic heterocycles. The molecule has 0 radical (unpaired) electrons. The maximum Gasteiger partial charge on any atom is 0.230 e. The number of benzene rings is 1. The molecule has 39 heavy (non-hydrogen) atoms. The number of rotatable bonds is 7. The van der Waals surface area contributed by atoms with Gasteiger partial charge in [-0.25, -0.2) is 19.3 Å². The first-order valence-corrected chi connectivity index (χ1v) is 13.5. The normalized spacial score (nSPS) is 24.1. The molecule has 10 nitrogen and oxygen atoms in total. The van der Waals surface area contributed by atoms with Crippen molar-refractivity contribution in [1.29, 1.82) is 0 Å². The molecule has 1 amide bonds. The number of aromatic nitrogens is 4. The van der Waals surface area contributed by atoms with Gasteiger partial charge in [0, 0.05) is 44.5 Å². The van der Waals surface area contributed by atoms with Gasteiger partial charge in [0.2, 0.25) is 18.1 Å². The minimum absolute atomic E-state index is 0.0580. The molecule has 6 rings (SSSR count). The van der Waals surface area contributed by atoms with Crippen molar-refractivity contribution in [2.45, 2.75) is 26.1 Å². The van der Waals surface area contributed by atoms with E-state index in [1.807, 2.05) is 13.0 Å². The van der Waals surface area contributed by atoms with Crippen LogP contribution in [-0.4, -0.2) is 83.7 Å². The van der Waals surface area contributed by atoms with Gasteiger partial charge in [0.15, 0.2) is 5.82 Å². The van der Waals surface area contributed by atoms with Gasteiger partial charge >= 0.3 is 0 Å². The third-order valence-electron chi connectivity index (χ3n) is 7.65. The van der Waals surface area contributed by atoms with Crippen molar-refractivity contribution in [1.82, 2.24) is 30.2 Å². The number of likely N-dealkylation sites (N-methyl/N-ethyl adjacent to an activating group) is 1. The molecule has 0 bridgehead atoms. The lowest BCUT2D eigenvalue weighted by Gasteiger charge is -2.35. The number of imidazole rings is 1. The van der Waals surface area contributed by atoms with Crippen LogP contribution in [0.2, 0.25) is 0 Å². The Labute approximate surface area is 226 Å². The van der Waals surface area contributed by atoms with Gasteiger partial charge in [-0.15, -0.1) is 0 Å². The molecule has 4 heterocycles. The molecule has 1 aliphatic carbocycles. The minimum Gasteiger partial charge on any atom is -0.355 e. The maximum absolute atomic E-state index is 13.7. The lowest BCUT2D eigenvalue weighted by atomic mass is 9.91. The van der Waals surface area contributed by atoms with Gasteiger partial charge in [-0.3, -0.25) is 4.79 Å². The molecule has 1 aromatic carbocycles. The average Bonchev–Trinajstić information content (AvgIpc) is 3.69. The zero-order chi connectivity index (χ0) is 27.0. The van der Waals surface area contributed by atoms with E-state index in [0.29, 0.717) is 41.3 Å². The number of hydrogen-bond acceptors (Lipinski definition) is 8. The number of anilines is 1. The molecule has 2 N–H and O–H groups in total. The second-order valence-corrected chi connectivity index (χ2v) is 11.1. The third-order valence-corrected chi connectivity index (χ3v) is 7.65. The number of ether oxygens (including phenoxy) is 2. The predicted octanol–water partition coefficient (Wildman–Crippen LogP) is 3.00. The molecule has 2 saturated heterocycles. The molecule has 3 fully saturated rings. The van der Waals surface area contributed by atoms with Crippen LogP contribution in [0.5, 0.6) is 0 Å². The van der Waals surface area contributed by atoms with Crippen LogP contribution in [0, 0.1) is 17.2 Å². The Hall–Kier alpha value is -3.41. The summed E-state index contributed by atoms with van der Waals surface area (Å²) in [6.07, 6.45) is 3.31. The van der Waals surface area contributed by atoms with E-state index in [1.165, 1.54) is 25.0 Å². The van der Waals surface area contributed by atoms with Crippen molar-refractivity contribution in [3.63, 3.8) is 0 Å². The molecule has 2 aliphatic heterocycles. The Morgan fingerprint density at radius 2 is 1.82 bits per heavy atom. The van der Waals surface area contributed by atoms with Crippen molar-refractivity contribution in [2.75, 3.05) is 57.9 Å². The standard InChI is InChI=1S/C28H34FN7O3/c1-28(26(37)31-15-18-3-4-18)16-38-25(39-17-28)24-33-22(19-5-7-20(29)8-6-19)23(34-24)21-9-10-30-27(32-21)36-13-11-35(2)12-14-36/h5-10,18,25H,3-4,11-17H2,1-2H3,(H,31,37)(H,33,34). The fraction of sp³-hybridized carbons (Fsp3) is 0.500. The van der Waals surface area contributed by atoms with E-state index in [1.54, 1.807) is 18.3 Å². The minimum atomic E-state index is -0.777. The largest absolute Gasteiger partial charge is 0.355 e. The summed E-state index contributed by atoms with van der Waals surface area (Å²) >= 11 is 0. The molecule has 0 spiro atoms. The van der Waals surface area contributed by atoms with E-state index in [2.05, 4.69) is 32.1 Å². The fourth-order valence-corrected chi connectivity index (χ4v) is 4.82. The predicted molar refractivity (Wildman–Crippen MR) is 143 cm³/mol. The molecular formula is C28H34FN7O3. The highest BCUT2D eigenvalue weighted by Gasteiger charge is 2.41. The Kier molecular flexibility index (Phi) is 7.05. The van der Waals surface area contributed by atoms with E-state index < -0.39 is 11.7 Å². The monoisotopic (exact) mass is 535 g/mol. The second-order valence-electron chi connectivity index (χ2n) is 11.1. The summed E-state index contributed by atoms with van der Waals surface area (Å²) in [5.74, 6) is 1.33. The molecule has 1 saturated carbocycles. The lowest BCUT2D eigenvalue weighted by Crippen LogP contribution is -2.49. The van der Waals surface area contributed by atoms with E-state index in [0.717, 1.165) is 31.7 Å². The van der Waals surface area contributed by atoms with Gasteiger partial charge in [-0.2, -0.15) is 0 Å². The molecular weight excluding hydrogens is 501 g/mol. The summed E-state index contributed by atoms with van der Waals surface area (Å²) in [5, 5.41) is 3.03. The van der Waals surface area contributed by atoms with Crippen molar-refractivity contribution in [2.24, 2.45) is 11.3 Å². The summed E-state index contributed by atoms with van der Waals surface area (Å²) in [7, 11) is 2.11. The van der Waals surface area contributed by atoms with Crippen LogP contribution < -0.4 is 10.2 Å². The molecule has 11 heteroatoms. The van der Waals surface area contributed by atoms with E-state index in [9.17, 15) is 9.18 Å². The number of halogens is 1. The Balaban J connectivity index is 1.26. The number of aromatic amines is 1. The molecule has 3 aromatic rings. The Morgan fingerprint density at radius 3 is 2.51 bits per heavy atom. The molecule has 0 unspecified atom stereocenters. The molecule has 206 valence electrons. The van der Waals surface area contributed by atoms with E-state index >= 15 is 0 Å². The number of nitrogens with one attached hydrogen (secondary N) is 2. The topological polar surface area (TPSA) is 108 Å². The van der Waals surface area contributed by atoms with Gasteiger partial charge in [0.05, 0.1) is 35.7 Å². The first kappa shape index (κ1) is 25.8. The highest BCUT2D eigenvalue weighted by molar-refractivity contribution is 5.82. The van der Waals surface area contributed by atoms with Crippen molar-refractivity contribution in [3.8, 4) is 22.6 Å². The zero-order valence-corrected chi connectivity index (χ0v) is 22.3. The number of piperazine rings is 1. The SMILES string of the molecule is CN1CCN(c2nccc(-c3[nH]c(C4OCC(C)(C(=O)NCC5CC5)CO4)nc3-c3ccc(F)cc3)n2)CC1. The van der Waals surface area contributed by atoms with Crippen LogP contribution in [0.1, 0.15) is 31.9 Å². The van der Waals surface area contributed by atoms with Gasteiger partial charge in [0.25, 0.3) is 0 Å². The highest BCUT2D eigenvalue weighted by Crippen LogP contribution is 2.36. The van der Waals surface area contributed by atoms with Crippen LogP contribution in [0.25, 0.3) is 22.6 Å². The average molecular weight is 536 g/mol. The Bertz CT molecular complexity index is 1310. The first-order chi connectivity index (χ1) is 18.9. The number of hydrogen-bond donors (Lipinski definition) is 2. The number of amides is 1. The summed E-state index contributed by atoms with van der Waals surface area (Å²) in [6.45, 7) is 6.53. The van der Waals surface area contributed by atoms with Crippen LogP contribution in [0.4, 0.5) is 10.3 Å². The van der Waals surface area contributed by atoms with E-state index in [4.69, 9.17) is 19.4 Å². The van der Waals surface area contributed by atoms with Gasteiger partial charge in [-0.1, -0.05) is 0 Å². The summed E-state index contributed by atoms with van der Waals surface area (Å²) in [4.78, 5) is 34.8. The molecule has 3 aliphatic rings. The number of H-pyrrole nitrogens is 1. The quantitative estimate of drug-likeness (QED) is 0.476. The fourth-order valence-electron chi connectivity index (χ4n) is 4.82. The number of nitrogens with zero attached hydrogens (tertiary/aromatic N) is 5. The molecule has 0 atom stereocenters. The van der Waals surface area contributed by atoms with Crippen LogP contribution in [-0.2, 0) is 14.3 Å². The van der Waals surface area contributed by atoms with Crippen LogP contribution in [0.15, 0.2) is 36.5 Å². The van der Waals surface area contributed by atoms with Crippen molar-refractivity contribution in [3.05, 3.63) is 48.2 Å². The van der Waals surface area contributed by atoms with Crippen molar-refractivity contribution < 1.29 is 18.7 Å². The lowest BCUT2D eigenvalue weighted by molar-refractivity contribution is -0.231. The maximum atomic E-state index is 13.7. The second kappa shape index (κ2) is 10.6. The highest BCUT2D eigenvalue weighted by atomic mass is 19.1. The van der Waals surface area contributed by atoms with Crippen molar-refractivity contribution >= 4 is 11.9 Å². The van der Waals surface area contributed by atoms with E-state index in [-0.39, 0.29) is 24.9 Å². The summed E-state index contributed by atoms with van der Waals surface area (Å²) < 4.78 is 25.8. The van der Waals surface area contributed by atoms with Gasteiger partial charge in [0.1, 0.15) is 5.82 Å². The van der Waals surface area contributed by atoms with Crippen LogP contribution >= 0.6 is 0 Å². The Morgan fingerprint density at radius 1 is 1.10 bits per heavy atom. The number of carbonyl (C=O) groups excluding carboxylic acids is 1. The summed E-state index contributed by atoms with van der Waals surface area (Å²) in [6, 6.07) is 8.01. The van der Waals surface area contributed by atoms with Crippen LogP contribution in [0.3, 0.4) is 0 Å². The zero-order valence-electron chi connectivity index (χ0n) is 22.3. The third kappa shape index (κ3) is 5.66. The first-order valence-electron chi connectivity index (χ1n) is 13.5. The number of carbonyl (C=O) groups is 1. The van der Waals surface area contributed by atoms with Gasteiger partial charge in [-0.05, 0) is 63.1 Å². The smallest absolute Gasteiger partial charge is 0.230 e. The van der Waals surface area contributed by atoms with Gasteiger partial charge < -0.3 is 29.6 Å².